The van der Waals surface area contributed by atoms with Crippen molar-refractivity contribution in [1.29, 1.82) is 0 Å². The number of nitrogens with one attached hydrogen (secondary N) is 1. The molecule has 0 fully saturated rings. The number of hydrogen-bond donors (Lipinski definition) is 1. The summed E-state index contributed by atoms with van der Waals surface area (Å²) in [6, 6.07) is 12.6. The molecular formula is C17H20BrClN4O. The maximum absolute atomic E-state index is 5.43. The maximum Gasteiger partial charge on any atom is 0.274 e. The fraction of sp³-hybridized carbons (Fsp3) is 0.294. The Bertz CT molecular complexity index is 797. The Kier molecular flexibility index (Phi) is 6.21. The van der Waals surface area contributed by atoms with Crippen LogP contribution in [0.15, 0.2) is 45.4 Å². The summed E-state index contributed by atoms with van der Waals surface area (Å²) in [5, 5.41) is 7.24. The van der Waals surface area contributed by atoms with Gasteiger partial charge >= 0.3 is 0 Å². The third kappa shape index (κ3) is 3.88. The van der Waals surface area contributed by atoms with Gasteiger partial charge in [0.25, 0.3) is 5.89 Å². The second-order valence-electron chi connectivity index (χ2n) is 5.58. The molecule has 3 aromatic rings. The number of hydrogen-bond acceptors (Lipinski definition) is 4. The predicted molar refractivity (Wildman–Crippen MR) is 101 cm³/mol. The molecule has 0 amide bonds. The molecule has 2 heterocycles. The largest absolute Gasteiger partial charge is 0.340 e. The van der Waals surface area contributed by atoms with Crippen LogP contribution >= 0.6 is 28.3 Å². The second kappa shape index (κ2) is 7.96. The van der Waals surface area contributed by atoms with Gasteiger partial charge in [-0.3, -0.25) is 0 Å². The van der Waals surface area contributed by atoms with E-state index in [0.29, 0.717) is 17.8 Å². The molecule has 0 aliphatic rings. The van der Waals surface area contributed by atoms with Crippen molar-refractivity contribution in [2.24, 2.45) is 7.05 Å². The van der Waals surface area contributed by atoms with E-state index in [-0.39, 0.29) is 12.4 Å². The first-order chi connectivity index (χ1) is 11.1. The van der Waals surface area contributed by atoms with Gasteiger partial charge in [0, 0.05) is 29.7 Å². The van der Waals surface area contributed by atoms with Crippen LogP contribution in [0.25, 0.3) is 22.8 Å². The van der Waals surface area contributed by atoms with E-state index in [0.717, 1.165) is 27.8 Å². The van der Waals surface area contributed by atoms with Crippen molar-refractivity contribution in [2.75, 3.05) is 7.05 Å². The van der Waals surface area contributed by atoms with Crippen LogP contribution < -0.4 is 5.32 Å². The second-order valence-corrected chi connectivity index (χ2v) is 6.50. The summed E-state index contributed by atoms with van der Waals surface area (Å²) >= 11 is 3.46. The molecule has 0 radical (unpaired) electrons. The van der Waals surface area contributed by atoms with E-state index in [2.05, 4.69) is 61.1 Å². The lowest BCUT2D eigenvalue weighted by Gasteiger charge is -2.06. The Hall–Kier alpha value is -1.63. The van der Waals surface area contributed by atoms with Gasteiger partial charge in [-0.1, -0.05) is 33.2 Å². The highest BCUT2D eigenvalue weighted by Crippen LogP contribution is 2.28. The van der Waals surface area contributed by atoms with Gasteiger partial charge in [0.1, 0.15) is 5.69 Å². The zero-order valence-corrected chi connectivity index (χ0v) is 16.2. The van der Waals surface area contributed by atoms with Crippen LogP contribution in [0, 0.1) is 0 Å². The van der Waals surface area contributed by atoms with E-state index < -0.39 is 0 Å². The minimum atomic E-state index is 0. The average molecular weight is 412 g/mol. The van der Waals surface area contributed by atoms with E-state index >= 15 is 0 Å². The van der Waals surface area contributed by atoms with Crippen LogP contribution in [0.1, 0.15) is 12.7 Å². The van der Waals surface area contributed by atoms with E-state index in [1.165, 1.54) is 0 Å². The normalized spacial score (nSPS) is 12.0. The highest BCUT2D eigenvalue weighted by atomic mass is 79.9. The zero-order valence-electron chi connectivity index (χ0n) is 13.8. The SMILES string of the molecule is CNC(C)Cc1noc(-c2ccc(-c3ccc(Br)cc3)n2C)n1.Cl. The first kappa shape index (κ1) is 18.7. The predicted octanol–water partition coefficient (Wildman–Crippen LogP) is 4.08. The van der Waals surface area contributed by atoms with Crippen molar-refractivity contribution >= 4 is 28.3 Å². The van der Waals surface area contributed by atoms with Gasteiger partial charge in [-0.25, -0.2) is 0 Å². The Morgan fingerprint density at radius 1 is 1.17 bits per heavy atom. The summed E-state index contributed by atoms with van der Waals surface area (Å²) in [5.41, 5.74) is 3.17. The number of halogens is 2. The van der Waals surface area contributed by atoms with E-state index in [9.17, 15) is 0 Å². The Labute approximate surface area is 156 Å². The lowest BCUT2D eigenvalue weighted by atomic mass is 10.1. The summed E-state index contributed by atoms with van der Waals surface area (Å²) in [6.07, 6.45) is 0.740. The summed E-state index contributed by atoms with van der Waals surface area (Å²) in [7, 11) is 3.93. The Morgan fingerprint density at radius 3 is 2.50 bits per heavy atom. The number of likely N-dealkylation sites (N-methyl/N-ethyl adjacent to an activating group) is 1. The molecule has 5 nitrogen and oxygen atoms in total. The molecule has 0 aliphatic heterocycles. The number of benzene rings is 1. The van der Waals surface area contributed by atoms with Crippen LogP contribution in [0.2, 0.25) is 0 Å². The monoisotopic (exact) mass is 410 g/mol. The molecule has 1 atom stereocenters. The first-order valence-corrected chi connectivity index (χ1v) is 8.29. The van der Waals surface area contributed by atoms with E-state index in [1.54, 1.807) is 0 Å². The molecule has 1 unspecified atom stereocenters. The molecule has 2 aromatic heterocycles. The standard InChI is InChI=1S/C17H19BrN4O.ClH/c1-11(19-2)10-16-20-17(23-21-16)15-9-8-14(22(15)3)12-4-6-13(18)7-5-12;/h4-9,11,19H,10H2,1-3H3;1H. The van der Waals surface area contributed by atoms with Crippen LogP contribution in [-0.2, 0) is 13.5 Å². The van der Waals surface area contributed by atoms with Gasteiger partial charge in [0.05, 0.1) is 0 Å². The quantitative estimate of drug-likeness (QED) is 0.687. The molecule has 1 aromatic carbocycles. The average Bonchev–Trinajstić information content (AvgIpc) is 3.14. The molecule has 1 N–H and O–H groups in total. The van der Waals surface area contributed by atoms with Gasteiger partial charge in [-0.15, -0.1) is 12.4 Å². The van der Waals surface area contributed by atoms with Crippen LogP contribution in [0.3, 0.4) is 0 Å². The highest BCUT2D eigenvalue weighted by molar-refractivity contribution is 9.10. The van der Waals surface area contributed by atoms with Crippen molar-refractivity contribution in [2.45, 2.75) is 19.4 Å². The molecule has 7 heteroatoms. The fourth-order valence-corrected chi connectivity index (χ4v) is 2.72. The van der Waals surface area contributed by atoms with Crippen LogP contribution in [-0.4, -0.2) is 27.8 Å². The number of nitrogens with zero attached hydrogens (tertiary/aromatic N) is 3. The lowest BCUT2D eigenvalue weighted by Crippen LogP contribution is -2.24. The lowest BCUT2D eigenvalue weighted by molar-refractivity contribution is 0.416. The third-order valence-corrected chi connectivity index (χ3v) is 4.46. The van der Waals surface area contributed by atoms with Gasteiger partial charge in [-0.05, 0) is 43.8 Å². The minimum Gasteiger partial charge on any atom is -0.340 e. The first-order valence-electron chi connectivity index (χ1n) is 7.50. The van der Waals surface area contributed by atoms with Gasteiger partial charge < -0.3 is 14.4 Å². The van der Waals surface area contributed by atoms with Crippen molar-refractivity contribution in [3.05, 3.63) is 46.7 Å². The van der Waals surface area contributed by atoms with Crippen molar-refractivity contribution in [3.63, 3.8) is 0 Å². The zero-order chi connectivity index (χ0) is 16.4. The summed E-state index contributed by atoms with van der Waals surface area (Å²) in [5.74, 6) is 1.27. The minimum absolute atomic E-state index is 0. The summed E-state index contributed by atoms with van der Waals surface area (Å²) in [6.45, 7) is 2.09. The summed E-state index contributed by atoms with van der Waals surface area (Å²) < 4.78 is 8.57. The number of rotatable bonds is 5. The Morgan fingerprint density at radius 2 is 1.83 bits per heavy atom. The summed E-state index contributed by atoms with van der Waals surface area (Å²) in [4.78, 5) is 4.50. The van der Waals surface area contributed by atoms with Crippen molar-refractivity contribution < 1.29 is 4.52 Å². The van der Waals surface area contributed by atoms with E-state index in [4.69, 9.17) is 4.52 Å². The third-order valence-electron chi connectivity index (χ3n) is 3.93. The highest BCUT2D eigenvalue weighted by Gasteiger charge is 2.15. The van der Waals surface area contributed by atoms with Gasteiger partial charge in [-0.2, -0.15) is 4.98 Å². The van der Waals surface area contributed by atoms with Crippen molar-refractivity contribution in [1.82, 2.24) is 20.0 Å². The van der Waals surface area contributed by atoms with Crippen LogP contribution in [0.4, 0.5) is 0 Å². The molecule has 0 bridgehead atoms. The smallest absolute Gasteiger partial charge is 0.274 e. The molecule has 3 rings (SSSR count). The Balaban J connectivity index is 0.00000208. The molecule has 0 saturated heterocycles. The van der Waals surface area contributed by atoms with E-state index in [1.807, 2.05) is 32.3 Å². The maximum atomic E-state index is 5.43. The van der Waals surface area contributed by atoms with Gasteiger partial charge in [0.2, 0.25) is 0 Å². The topological polar surface area (TPSA) is 55.9 Å². The molecular weight excluding hydrogens is 392 g/mol. The fourth-order valence-electron chi connectivity index (χ4n) is 2.45. The molecule has 128 valence electrons. The molecule has 0 aliphatic carbocycles. The molecule has 24 heavy (non-hydrogen) atoms. The molecule has 0 spiro atoms. The van der Waals surface area contributed by atoms with Crippen molar-refractivity contribution in [3.8, 4) is 22.8 Å². The number of aromatic nitrogens is 3. The van der Waals surface area contributed by atoms with Crippen LogP contribution in [0.5, 0.6) is 0 Å². The van der Waals surface area contributed by atoms with Gasteiger partial charge in [0.15, 0.2) is 5.82 Å². The molecule has 0 saturated carbocycles.